The van der Waals surface area contributed by atoms with Crippen molar-refractivity contribution in [2.24, 2.45) is 7.05 Å². The third-order valence-corrected chi connectivity index (χ3v) is 5.67. The number of hydrogen-bond donors (Lipinski definition) is 0. The van der Waals surface area contributed by atoms with Crippen molar-refractivity contribution in [3.63, 3.8) is 0 Å². The molecule has 7 heteroatoms. The van der Waals surface area contributed by atoms with Gasteiger partial charge >= 0.3 is 0 Å². The lowest BCUT2D eigenvalue weighted by atomic mass is 10.1. The summed E-state index contributed by atoms with van der Waals surface area (Å²) in [6.45, 7) is 2.15. The summed E-state index contributed by atoms with van der Waals surface area (Å²) < 4.78 is 12.8. The van der Waals surface area contributed by atoms with Crippen LogP contribution in [-0.4, -0.2) is 27.0 Å². The SMILES string of the molecule is COc1cccc(-c2cc(-c3cccc(C(C)Sc4nncn4C)c3)on2)c1. The Morgan fingerprint density at radius 1 is 1.07 bits per heavy atom. The van der Waals surface area contributed by atoms with Gasteiger partial charge in [-0.05, 0) is 30.7 Å². The van der Waals surface area contributed by atoms with Crippen LogP contribution >= 0.6 is 11.8 Å². The molecule has 4 aromatic rings. The molecule has 2 heterocycles. The van der Waals surface area contributed by atoms with Crippen LogP contribution in [0.5, 0.6) is 5.75 Å². The summed E-state index contributed by atoms with van der Waals surface area (Å²) in [5.74, 6) is 1.52. The summed E-state index contributed by atoms with van der Waals surface area (Å²) in [7, 11) is 3.60. The Kier molecular flexibility index (Phi) is 5.16. The second-order valence-corrected chi connectivity index (χ2v) is 7.73. The minimum Gasteiger partial charge on any atom is -0.497 e. The minimum atomic E-state index is 0.226. The molecule has 0 saturated heterocycles. The van der Waals surface area contributed by atoms with Crippen LogP contribution in [0.3, 0.4) is 0 Å². The third-order valence-electron chi connectivity index (χ3n) is 4.47. The summed E-state index contributed by atoms with van der Waals surface area (Å²) in [6, 6.07) is 18.0. The average molecular weight is 392 g/mol. The molecule has 0 saturated carbocycles. The van der Waals surface area contributed by atoms with Crippen LogP contribution in [-0.2, 0) is 7.05 Å². The van der Waals surface area contributed by atoms with Crippen molar-refractivity contribution in [3.05, 3.63) is 66.5 Å². The average Bonchev–Trinajstić information content (AvgIpc) is 3.38. The molecule has 0 radical (unpaired) electrons. The monoisotopic (exact) mass is 392 g/mol. The Bertz CT molecular complexity index is 1090. The van der Waals surface area contributed by atoms with Crippen molar-refractivity contribution in [2.45, 2.75) is 17.3 Å². The fourth-order valence-electron chi connectivity index (χ4n) is 2.88. The third kappa shape index (κ3) is 3.80. The summed E-state index contributed by atoms with van der Waals surface area (Å²) in [5.41, 5.74) is 3.91. The molecule has 2 aromatic carbocycles. The predicted molar refractivity (Wildman–Crippen MR) is 109 cm³/mol. The molecule has 0 aliphatic rings. The molecular weight excluding hydrogens is 372 g/mol. The number of nitrogens with zero attached hydrogens (tertiary/aromatic N) is 4. The van der Waals surface area contributed by atoms with Crippen molar-refractivity contribution in [1.82, 2.24) is 19.9 Å². The zero-order valence-electron chi connectivity index (χ0n) is 15.9. The molecule has 1 unspecified atom stereocenters. The van der Waals surface area contributed by atoms with Crippen LogP contribution in [0.4, 0.5) is 0 Å². The van der Waals surface area contributed by atoms with Crippen molar-refractivity contribution < 1.29 is 9.26 Å². The maximum absolute atomic E-state index is 5.61. The lowest BCUT2D eigenvalue weighted by molar-refractivity contribution is 0.414. The van der Waals surface area contributed by atoms with Gasteiger partial charge in [-0.3, -0.25) is 0 Å². The maximum atomic E-state index is 5.61. The van der Waals surface area contributed by atoms with Gasteiger partial charge in [0.15, 0.2) is 10.9 Å². The van der Waals surface area contributed by atoms with Crippen LogP contribution in [0.2, 0.25) is 0 Å². The molecular formula is C21H20N4O2S. The fraction of sp³-hybridized carbons (Fsp3) is 0.190. The Morgan fingerprint density at radius 3 is 2.68 bits per heavy atom. The van der Waals surface area contributed by atoms with Gasteiger partial charge in [0, 0.05) is 29.5 Å². The Hall–Kier alpha value is -3.06. The molecule has 2 aromatic heterocycles. The van der Waals surface area contributed by atoms with Gasteiger partial charge in [0.2, 0.25) is 0 Å². The van der Waals surface area contributed by atoms with E-state index in [1.165, 1.54) is 5.56 Å². The molecule has 28 heavy (non-hydrogen) atoms. The standard InChI is InChI=1S/C21H20N4O2S/c1-14(28-21-23-22-13-25(21)2)15-6-4-8-17(10-15)20-12-19(24-27-20)16-7-5-9-18(11-16)26-3/h4-14H,1-3H3. The lowest BCUT2D eigenvalue weighted by Gasteiger charge is -2.11. The van der Waals surface area contributed by atoms with Gasteiger partial charge in [-0.25, -0.2) is 0 Å². The van der Waals surface area contributed by atoms with Crippen LogP contribution < -0.4 is 4.74 Å². The second kappa shape index (κ2) is 7.90. The molecule has 0 bridgehead atoms. The maximum Gasteiger partial charge on any atom is 0.191 e. The summed E-state index contributed by atoms with van der Waals surface area (Å²) >= 11 is 1.67. The van der Waals surface area contributed by atoms with Gasteiger partial charge in [0.1, 0.15) is 17.8 Å². The number of aryl methyl sites for hydroxylation is 1. The molecule has 0 amide bonds. The van der Waals surface area contributed by atoms with E-state index in [0.717, 1.165) is 33.5 Å². The van der Waals surface area contributed by atoms with Crippen molar-refractivity contribution in [1.29, 1.82) is 0 Å². The van der Waals surface area contributed by atoms with Gasteiger partial charge in [0.25, 0.3) is 0 Å². The van der Waals surface area contributed by atoms with E-state index in [2.05, 4.69) is 34.4 Å². The Morgan fingerprint density at radius 2 is 1.89 bits per heavy atom. The first-order chi connectivity index (χ1) is 13.6. The number of benzene rings is 2. The van der Waals surface area contributed by atoms with Crippen molar-refractivity contribution in [2.75, 3.05) is 7.11 Å². The van der Waals surface area contributed by atoms with Crippen molar-refractivity contribution in [3.8, 4) is 28.3 Å². The zero-order valence-corrected chi connectivity index (χ0v) is 16.7. The van der Waals surface area contributed by atoms with E-state index in [9.17, 15) is 0 Å². The second-order valence-electron chi connectivity index (χ2n) is 6.42. The highest BCUT2D eigenvalue weighted by Crippen LogP contribution is 2.35. The van der Waals surface area contributed by atoms with Crippen LogP contribution in [0, 0.1) is 0 Å². The fourth-order valence-corrected chi connectivity index (χ4v) is 3.79. The molecule has 6 nitrogen and oxygen atoms in total. The van der Waals surface area contributed by atoms with E-state index in [1.54, 1.807) is 25.2 Å². The van der Waals surface area contributed by atoms with Crippen LogP contribution in [0.25, 0.3) is 22.6 Å². The topological polar surface area (TPSA) is 66.0 Å². The number of hydrogen-bond acceptors (Lipinski definition) is 6. The molecule has 1 atom stereocenters. The molecule has 142 valence electrons. The van der Waals surface area contributed by atoms with Gasteiger partial charge in [-0.2, -0.15) is 0 Å². The largest absolute Gasteiger partial charge is 0.497 e. The lowest BCUT2D eigenvalue weighted by Crippen LogP contribution is -1.94. The van der Waals surface area contributed by atoms with E-state index in [1.807, 2.05) is 54.1 Å². The van der Waals surface area contributed by atoms with E-state index in [0.29, 0.717) is 0 Å². The molecule has 0 fully saturated rings. The van der Waals surface area contributed by atoms with Crippen molar-refractivity contribution >= 4 is 11.8 Å². The summed E-state index contributed by atoms with van der Waals surface area (Å²) in [5, 5.41) is 13.4. The first-order valence-corrected chi connectivity index (χ1v) is 9.74. The highest BCUT2D eigenvalue weighted by atomic mass is 32.2. The number of ether oxygens (including phenoxy) is 1. The van der Waals surface area contributed by atoms with Crippen LogP contribution in [0.15, 0.2) is 70.6 Å². The first-order valence-electron chi connectivity index (χ1n) is 8.86. The van der Waals surface area contributed by atoms with Gasteiger partial charge in [0.05, 0.1) is 7.11 Å². The number of thioether (sulfide) groups is 1. The summed E-state index contributed by atoms with van der Waals surface area (Å²) in [6.07, 6.45) is 1.71. The number of rotatable bonds is 6. The molecule has 4 rings (SSSR count). The first kappa shape index (κ1) is 18.3. The Labute approximate surface area is 167 Å². The number of aromatic nitrogens is 4. The Balaban J connectivity index is 1.58. The highest BCUT2D eigenvalue weighted by molar-refractivity contribution is 7.99. The number of methoxy groups -OCH3 is 1. The van der Waals surface area contributed by atoms with Crippen LogP contribution in [0.1, 0.15) is 17.7 Å². The minimum absolute atomic E-state index is 0.226. The van der Waals surface area contributed by atoms with E-state index >= 15 is 0 Å². The summed E-state index contributed by atoms with van der Waals surface area (Å²) in [4.78, 5) is 0. The molecule has 0 aliphatic carbocycles. The van der Waals surface area contributed by atoms with Gasteiger partial charge in [-0.15, -0.1) is 10.2 Å². The van der Waals surface area contributed by atoms with E-state index in [4.69, 9.17) is 9.26 Å². The molecule has 0 N–H and O–H groups in total. The smallest absolute Gasteiger partial charge is 0.191 e. The van der Waals surface area contributed by atoms with Gasteiger partial charge < -0.3 is 13.8 Å². The molecule has 0 spiro atoms. The van der Waals surface area contributed by atoms with Gasteiger partial charge in [-0.1, -0.05) is 47.3 Å². The zero-order chi connectivity index (χ0) is 19.5. The predicted octanol–water partition coefficient (Wildman–Crippen LogP) is 5.00. The quantitative estimate of drug-likeness (QED) is 0.430. The highest BCUT2D eigenvalue weighted by Gasteiger charge is 2.14. The molecule has 0 aliphatic heterocycles. The van der Waals surface area contributed by atoms with E-state index in [-0.39, 0.29) is 5.25 Å². The van der Waals surface area contributed by atoms with E-state index < -0.39 is 0 Å². The normalized spacial score (nSPS) is 12.1.